The highest BCUT2D eigenvalue weighted by molar-refractivity contribution is 5.76. The van der Waals surface area contributed by atoms with Gasteiger partial charge in [0.25, 0.3) is 5.91 Å². The summed E-state index contributed by atoms with van der Waals surface area (Å²) in [7, 11) is 0. The van der Waals surface area contributed by atoms with Gasteiger partial charge >= 0.3 is 0 Å². The first-order chi connectivity index (χ1) is 8.72. The largest absolute Gasteiger partial charge is 0.271 e. The van der Waals surface area contributed by atoms with Crippen molar-refractivity contribution in [1.82, 2.24) is 20.2 Å². The van der Waals surface area contributed by atoms with Gasteiger partial charge in [0.1, 0.15) is 0 Å². The average Bonchev–Trinajstić information content (AvgIpc) is 2.89. The number of tetrazole rings is 1. The number of carbonyl (C=O) groups excluding carboxylic acids is 1. The van der Waals surface area contributed by atoms with Crippen LogP contribution in [-0.4, -0.2) is 26.1 Å². The predicted molar refractivity (Wildman–Crippen MR) is 70.1 cm³/mol. The van der Waals surface area contributed by atoms with E-state index in [9.17, 15) is 4.79 Å². The molecule has 0 unspecified atom stereocenters. The molecule has 0 aliphatic carbocycles. The summed E-state index contributed by atoms with van der Waals surface area (Å²) < 4.78 is 0. The molecule has 2 aromatic rings. The molecule has 0 saturated carbocycles. The van der Waals surface area contributed by atoms with Crippen molar-refractivity contribution in [3.63, 3.8) is 0 Å². The van der Waals surface area contributed by atoms with Crippen molar-refractivity contribution >= 4 is 5.91 Å². The molecule has 0 radical (unpaired) electrons. The van der Waals surface area contributed by atoms with Gasteiger partial charge in [0.2, 0.25) is 5.82 Å². The van der Waals surface area contributed by atoms with Crippen LogP contribution in [0.5, 0.6) is 0 Å². The van der Waals surface area contributed by atoms with Gasteiger partial charge in [-0.15, -0.1) is 10.2 Å². The fourth-order valence-electron chi connectivity index (χ4n) is 1.16. The van der Waals surface area contributed by atoms with Crippen LogP contribution in [-0.2, 0) is 0 Å². The lowest BCUT2D eigenvalue weighted by atomic mass is 10.2. The molecule has 0 amide bonds. The molecule has 1 heterocycles. The average molecular weight is 246 g/mol. The Balaban J connectivity index is 0.000000492. The lowest BCUT2D eigenvalue weighted by Crippen LogP contribution is -2.12. The zero-order valence-electron chi connectivity index (χ0n) is 11.0. The van der Waals surface area contributed by atoms with Gasteiger partial charge in [-0.1, -0.05) is 62.3 Å². The number of aromatic nitrogens is 4. The van der Waals surface area contributed by atoms with Crippen LogP contribution in [0.25, 0.3) is 11.4 Å². The summed E-state index contributed by atoms with van der Waals surface area (Å²) >= 11 is 0. The zero-order chi connectivity index (χ0) is 13.4. The van der Waals surface area contributed by atoms with Crippen molar-refractivity contribution in [2.45, 2.75) is 33.6 Å². The van der Waals surface area contributed by atoms with Gasteiger partial charge in [0.05, 0.1) is 0 Å². The molecule has 0 fully saturated rings. The SMILES string of the molecule is CCC.CCC(=O)n1nnc(-c2ccccc2)n1. The molecule has 5 heteroatoms. The molecular weight excluding hydrogens is 228 g/mol. The Labute approximate surface area is 107 Å². The summed E-state index contributed by atoms with van der Waals surface area (Å²) in [6.07, 6.45) is 1.62. The Morgan fingerprint density at radius 3 is 2.33 bits per heavy atom. The van der Waals surface area contributed by atoms with Gasteiger partial charge in [-0.3, -0.25) is 4.79 Å². The molecule has 18 heavy (non-hydrogen) atoms. The molecule has 0 atom stereocenters. The van der Waals surface area contributed by atoms with Crippen molar-refractivity contribution in [2.75, 3.05) is 0 Å². The van der Waals surface area contributed by atoms with E-state index in [1.54, 1.807) is 6.92 Å². The van der Waals surface area contributed by atoms with Gasteiger partial charge in [0, 0.05) is 12.0 Å². The smallest absolute Gasteiger partial charge is 0.266 e. The number of hydrogen-bond donors (Lipinski definition) is 0. The van der Waals surface area contributed by atoms with Crippen molar-refractivity contribution < 1.29 is 4.79 Å². The van der Waals surface area contributed by atoms with E-state index in [1.807, 2.05) is 30.3 Å². The fourth-order valence-corrected chi connectivity index (χ4v) is 1.16. The second-order valence-corrected chi connectivity index (χ2v) is 3.72. The molecule has 1 aromatic heterocycles. The molecule has 0 N–H and O–H groups in total. The normalized spacial score (nSPS) is 9.50. The summed E-state index contributed by atoms with van der Waals surface area (Å²) in [6, 6.07) is 9.43. The van der Waals surface area contributed by atoms with E-state index in [4.69, 9.17) is 0 Å². The lowest BCUT2D eigenvalue weighted by Gasteiger charge is -1.92. The Morgan fingerprint density at radius 2 is 1.78 bits per heavy atom. The minimum absolute atomic E-state index is 0.162. The van der Waals surface area contributed by atoms with E-state index in [0.717, 1.165) is 10.4 Å². The fraction of sp³-hybridized carbons (Fsp3) is 0.385. The highest BCUT2D eigenvalue weighted by Crippen LogP contribution is 2.11. The predicted octanol–water partition coefficient (Wildman–Crippen LogP) is 2.81. The zero-order valence-corrected chi connectivity index (χ0v) is 11.0. The van der Waals surface area contributed by atoms with Crippen LogP contribution in [0.4, 0.5) is 0 Å². The molecule has 0 aliphatic rings. The van der Waals surface area contributed by atoms with Crippen LogP contribution in [0.2, 0.25) is 0 Å². The molecule has 96 valence electrons. The van der Waals surface area contributed by atoms with E-state index >= 15 is 0 Å². The maximum Gasteiger partial charge on any atom is 0.266 e. The molecule has 0 saturated heterocycles. The lowest BCUT2D eigenvalue weighted by molar-refractivity contribution is 0.0872. The second-order valence-electron chi connectivity index (χ2n) is 3.72. The number of carbonyl (C=O) groups is 1. The third kappa shape index (κ3) is 3.76. The third-order valence-corrected chi connectivity index (χ3v) is 1.97. The van der Waals surface area contributed by atoms with Crippen LogP contribution in [0.3, 0.4) is 0 Å². The highest BCUT2D eigenvalue weighted by Gasteiger charge is 2.09. The van der Waals surface area contributed by atoms with Crippen LogP contribution < -0.4 is 0 Å². The highest BCUT2D eigenvalue weighted by atomic mass is 16.2. The summed E-state index contributed by atoms with van der Waals surface area (Å²) in [6.45, 7) is 6.01. The van der Waals surface area contributed by atoms with E-state index < -0.39 is 0 Å². The Morgan fingerprint density at radius 1 is 1.17 bits per heavy atom. The maximum atomic E-state index is 11.3. The Kier molecular flexibility index (Phi) is 5.70. The summed E-state index contributed by atoms with van der Waals surface area (Å²) in [5.74, 6) is 0.307. The minimum atomic E-state index is -0.162. The molecule has 0 bridgehead atoms. The molecule has 1 aromatic carbocycles. The van der Waals surface area contributed by atoms with Crippen molar-refractivity contribution in [2.24, 2.45) is 0 Å². The quantitative estimate of drug-likeness (QED) is 0.817. The summed E-state index contributed by atoms with van der Waals surface area (Å²) in [4.78, 5) is 12.3. The van der Waals surface area contributed by atoms with Crippen molar-refractivity contribution in [3.8, 4) is 11.4 Å². The van der Waals surface area contributed by atoms with Crippen molar-refractivity contribution in [1.29, 1.82) is 0 Å². The summed E-state index contributed by atoms with van der Waals surface area (Å²) in [5, 5.41) is 11.5. The van der Waals surface area contributed by atoms with E-state index in [-0.39, 0.29) is 5.91 Å². The van der Waals surface area contributed by atoms with Gasteiger partial charge in [-0.05, 0) is 5.21 Å². The van der Waals surface area contributed by atoms with Crippen LogP contribution in [0.1, 0.15) is 38.4 Å². The van der Waals surface area contributed by atoms with E-state index in [0.29, 0.717) is 12.2 Å². The van der Waals surface area contributed by atoms with Crippen LogP contribution >= 0.6 is 0 Å². The van der Waals surface area contributed by atoms with Crippen LogP contribution in [0, 0.1) is 0 Å². The molecule has 0 spiro atoms. The first kappa shape index (κ1) is 14.0. The maximum absolute atomic E-state index is 11.3. The first-order valence-corrected chi connectivity index (χ1v) is 6.11. The molecular formula is C13H18N4O. The van der Waals surface area contributed by atoms with E-state index in [1.165, 1.54) is 6.42 Å². The number of rotatable bonds is 2. The Bertz CT molecular complexity index is 479. The van der Waals surface area contributed by atoms with Gasteiger partial charge in [-0.2, -0.15) is 0 Å². The Hall–Kier alpha value is -2.04. The molecule has 0 aliphatic heterocycles. The molecule has 2 rings (SSSR count). The summed E-state index contributed by atoms with van der Waals surface area (Å²) in [5.41, 5.74) is 0.854. The molecule has 5 nitrogen and oxygen atoms in total. The first-order valence-electron chi connectivity index (χ1n) is 6.11. The van der Waals surface area contributed by atoms with Crippen LogP contribution in [0.15, 0.2) is 30.3 Å². The van der Waals surface area contributed by atoms with Gasteiger partial charge in [-0.25, -0.2) is 0 Å². The number of benzene rings is 1. The minimum Gasteiger partial charge on any atom is -0.271 e. The standard InChI is InChI=1S/C10H10N4O.C3H8/c1-2-9(15)14-12-10(11-13-14)8-6-4-3-5-7-8;1-3-2/h3-7H,2H2,1H3;3H2,1-2H3. The van der Waals surface area contributed by atoms with E-state index in [2.05, 4.69) is 29.3 Å². The monoisotopic (exact) mass is 246 g/mol. The van der Waals surface area contributed by atoms with Gasteiger partial charge in [0.15, 0.2) is 0 Å². The third-order valence-electron chi connectivity index (χ3n) is 1.97. The van der Waals surface area contributed by atoms with Crippen molar-refractivity contribution in [3.05, 3.63) is 30.3 Å². The van der Waals surface area contributed by atoms with Gasteiger partial charge < -0.3 is 0 Å². The number of nitrogens with zero attached hydrogens (tertiary/aromatic N) is 4. The number of hydrogen-bond acceptors (Lipinski definition) is 4. The second kappa shape index (κ2) is 7.32. The topological polar surface area (TPSA) is 60.7 Å².